The number of piperidine rings is 1. The first-order chi connectivity index (χ1) is 11.2. The molecule has 4 rings (SSSR count). The Bertz CT molecular complexity index is 825. The predicted molar refractivity (Wildman–Crippen MR) is 90.0 cm³/mol. The van der Waals surface area contributed by atoms with Crippen molar-refractivity contribution in [1.29, 1.82) is 0 Å². The van der Waals surface area contributed by atoms with E-state index in [0.717, 1.165) is 42.2 Å². The monoisotopic (exact) mass is 308 g/mol. The van der Waals surface area contributed by atoms with Crippen molar-refractivity contribution in [3.05, 3.63) is 48.4 Å². The second kappa shape index (κ2) is 5.66. The van der Waals surface area contributed by atoms with Gasteiger partial charge >= 0.3 is 0 Å². The molecular weight excluding hydrogens is 288 g/mol. The average molecular weight is 308 g/mol. The third-order valence-electron chi connectivity index (χ3n) is 4.54. The molecule has 3 aromatic rings. The van der Waals surface area contributed by atoms with E-state index in [1.54, 1.807) is 18.3 Å². The van der Waals surface area contributed by atoms with Crippen LogP contribution in [0.25, 0.3) is 16.9 Å². The molecule has 23 heavy (non-hydrogen) atoms. The zero-order valence-electron chi connectivity index (χ0n) is 13.2. The van der Waals surface area contributed by atoms with Crippen LogP contribution in [0.4, 0.5) is 0 Å². The average Bonchev–Trinajstić information content (AvgIpc) is 2.95. The van der Waals surface area contributed by atoms with Crippen molar-refractivity contribution in [2.45, 2.75) is 18.8 Å². The minimum Gasteiger partial charge on any atom is -0.508 e. The molecule has 1 unspecified atom stereocenters. The number of benzene rings is 1. The fraction of sp³-hybridized carbons (Fsp3) is 0.333. The van der Waals surface area contributed by atoms with Gasteiger partial charge in [0.15, 0.2) is 5.65 Å². The summed E-state index contributed by atoms with van der Waals surface area (Å²) in [7, 11) is 2.16. The van der Waals surface area contributed by atoms with Crippen LogP contribution in [0, 0.1) is 0 Å². The molecule has 1 saturated heterocycles. The molecule has 0 spiro atoms. The van der Waals surface area contributed by atoms with Crippen LogP contribution < -0.4 is 0 Å². The molecule has 0 aliphatic carbocycles. The van der Waals surface area contributed by atoms with E-state index in [2.05, 4.69) is 21.5 Å². The van der Waals surface area contributed by atoms with Crippen molar-refractivity contribution in [1.82, 2.24) is 19.4 Å². The topological polar surface area (TPSA) is 54.2 Å². The molecule has 0 saturated carbocycles. The minimum absolute atomic E-state index is 0.269. The molecule has 0 radical (unpaired) electrons. The Morgan fingerprint density at radius 1 is 1.17 bits per heavy atom. The van der Waals surface area contributed by atoms with Crippen molar-refractivity contribution < 1.29 is 5.11 Å². The van der Waals surface area contributed by atoms with Crippen LogP contribution in [-0.2, 0) is 0 Å². The highest BCUT2D eigenvalue weighted by molar-refractivity contribution is 5.74. The number of rotatable bonds is 2. The van der Waals surface area contributed by atoms with Gasteiger partial charge in [-0.25, -0.2) is 9.97 Å². The normalized spacial score (nSPS) is 19.3. The molecule has 1 atom stereocenters. The van der Waals surface area contributed by atoms with E-state index in [1.807, 2.05) is 24.3 Å². The van der Waals surface area contributed by atoms with Crippen LogP contribution >= 0.6 is 0 Å². The number of aromatic hydroxyl groups is 1. The Morgan fingerprint density at radius 3 is 2.78 bits per heavy atom. The van der Waals surface area contributed by atoms with Gasteiger partial charge in [-0.3, -0.25) is 4.57 Å². The number of nitrogens with zero attached hydrogens (tertiary/aromatic N) is 4. The number of aromatic nitrogens is 3. The summed E-state index contributed by atoms with van der Waals surface area (Å²) in [6, 6.07) is 11.2. The van der Waals surface area contributed by atoms with E-state index >= 15 is 0 Å². The molecule has 1 aliphatic rings. The van der Waals surface area contributed by atoms with Gasteiger partial charge in [-0.2, -0.15) is 0 Å². The van der Waals surface area contributed by atoms with Crippen LogP contribution in [0.5, 0.6) is 5.75 Å². The number of pyridine rings is 1. The minimum atomic E-state index is 0.269. The number of phenolic OH excluding ortho intramolecular Hbond substituents is 1. The molecule has 1 N–H and O–H groups in total. The summed E-state index contributed by atoms with van der Waals surface area (Å²) in [5.74, 6) is 1.73. The summed E-state index contributed by atoms with van der Waals surface area (Å²) in [6.45, 7) is 2.16. The molecule has 5 nitrogen and oxygen atoms in total. The Morgan fingerprint density at radius 2 is 2.00 bits per heavy atom. The fourth-order valence-corrected chi connectivity index (χ4v) is 3.44. The third-order valence-corrected chi connectivity index (χ3v) is 4.54. The van der Waals surface area contributed by atoms with Crippen LogP contribution in [0.2, 0.25) is 0 Å². The van der Waals surface area contributed by atoms with Gasteiger partial charge in [0.1, 0.15) is 17.1 Å². The predicted octanol–water partition coefficient (Wildman–Crippen LogP) is 2.94. The van der Waals surface area contributed by atoms with E-state index in [0.29, 0.717) is 5.92 Å². The summed E-state index contributed by atoms with van der Waals surface area (Å²) in [6.07, 6.45) is 4.14. The maximum atomic E-state index is 9.57. The highest BCUT2D eigenvalue weighted by Gasteiger charge is 2.25. The fourth-order valence-electron chi connectivity index (χ4n) is 3.44. The number of phenols is 1. The van der Waals surface area contributed by atoms with Gasteiger partial charge in [-0.1, -0.05) is 0 Å². The summed E-state index contributed by atoms with van der Waals surface area (Å²) in [5, 5.41) is 9.57. The number of hydrogen-bond acceptors (Lipinski definition) is 4. The lowest BCUT2D eigenvalue weighted by molar-refractivity contribution is 0.245. The molecule has 1 aliphatic heterocycles. The van der Waals surface area contributed by atoms with Gasteiger partial charge in [0.05, 0.1) is 0 Å². The Hall–Kier alpha value is -2.40. The van der Waals surface area contributed by atoms with E-state index in [4.69, 9.17) is 4.98 Å². The first-order valence-corrected chi connectivity index (χ1v) is 8.03. The highest BCUT2D eigenvalue weighted by atomic mass is 16.3. The Kier molecular flexibility index (Phi) is 3.50. The molecule has 1 aromatic carbocycles. The number of imidazole rings is 1. The van der Waals surface area contributed by atoms with Crippen molar-refractivity contribution in [2.75, 3.05) is 20.1 Å². The quantitative estimate of drug-likeness (QED) is 0.791. The van der Waals surface area contributed by atoms with Crippen LogP contribution in [-0.4, -0.2) is 44.7 Å². The number of hydrogen-bond donors (Lipinski definition) is 1. The van der Waals surface area contributed by atoms with Gasteiger partial charge < -0.3 is 10.0 Å². The van der Waals surface area contributed by atoms with Crippen molar-refractivity contribution in [3.8, 4) is 11.4 Å². The maximum absolute atomic E-state index is 9.57. The molecule has 5 heteroatoms. The Labute approximate surface area is 135 Å². The molecule has 0 bridgehead atoms. The van der Waals surface area contributed by atoms with E-state index < -0.39 is 0 Å². The molecule has 118 valence electrons. The largest absolute Gasteiger partial charge is 0.508 e. The molecule has 0 amide bonds. The zero-order valence-corrected chi connectivity index (χ0v) is 13.2. The standard InChI is InChI=1S/C18H20N4O/c1-21-11-3-4-13(12-21)17-20-16-5-2-10-19-18(16)22(17)14-6-8-15(23)9-7-14/h2,5-10,13,23H,3-4,11-12H2,1H3. The van der Waals surface area contributed by atoms with Crippen molar-refractivity contribution in [3.63, 3.8) is 0 Å². The first kappa shape index (κ1) is 14.2. The third kappa shape index (κ3) is 2.57. The number of likely N-dealkylation sites (tertiary alicyclic amines) is 1. The van der Waals surface area contributed by atoms with Gasteiger partial charge in [0.2, 0.25) is 0 Å². The Balaban J connectivity index is 1.89. The maximum Gasteiger partial charge on any atom is 0.164 e. The summed E-state index contributed by atoms with van der Waals surface area (Å²) in [5.41, 5.74) is 2.79. The summed E-state index contributed by atoms with van der Waals surface area (Å²) in [4.78, 5) is 11.8. The lowest BCUT2D eigenvalue weighted by Crippen LogP contribution is -2.32. The van der Waals surface area contributed by atoms with Gasteiger partial charge in [0, 0.05) is 24.3 Å². The van der Waals surface area contributed by atoms with E-state index in [1.165, 1.54) is 6.42 Å². The van der Waals surface area contributed by atoms with Crippen molar-refractivity contribution >= 4 is 11.2 Å². The second-order valence-corrected chi connectivity index (χ2v) is 6.27. The molecule has 2 aromatic heterocycles. The van der Waals surface area contributed by atoms with E-state index in [9.17, 15) is 5.11 Å². The van der Waals surface area contributed by atoms with Gasteiger partial charge in [-0.15, -0.1) is 0 Å². The summed E-state index contributed by atoms with van der Waals surface area (Å²) < 4.78 is 2.14. The molecular formula is C18H20N4O. The van der Waals surface area contributed by atoms with E-state index in [-0.39, 0.29) is 5.75 Å². The van der Waals surface area contributed by atoms with Crippen molar-refractivity contribution in [2.24, 2.45) is 0 Å². The highest BCUT2D eigenvalue weighted by Crippen LogP contribution is 2.30. The van der Waals surface area contributed by atoms with Crippen LogP contribution in [0.3, 0.4) is 0 Å². The molecule has 3 heterocycles. The van der Waals surface area contributed by atoms with Gasteiger partial charge in [-0.05, 0) is 62.8 Å². The van der Waals surface area contributed by atoms with Crippen LogP contribution in [0.1, 0.15) is 24.6 Å². The van der Waals surface area contributed by atoms with Crippen LogP contribution in [0.15, 0.2) is 42.6 Å². The number of fused-ring (bicyclic) bond motifs is 1. The smallest absolute Gasteiger partial charge is 0.164 e. The second-order valence-electron chi connectivity index (χ2n) is 6.27. The SMILES string of the molecule is CN1CCCC(c2nc3cccnc3n2-c2ccc(O)cc2)C1. The first-order valence-electron chi connectivity index (χ1n) is 8.03. The lowest BCUT2D eigenvalue weighted by Gasteiger charge is -2.29. The zero-order chi connectivity index (χ0) is 15.8. The molecule has 1 fully saturated rings. The summed E-state index contributed by atoms with van der Waals surface area (Å²) >= 11 is 0. The number of likely N-dealkylation sites (N-methyl/N-ethyl adjacent to an activating group) is 1. The van der Waals surface area contributed by atoms with Gasteiger partial charge in [0.25, 0.3) is 0 Å². The lowest BCUT2D eigenvalue weighted by atomic mass is 9.97.